The smallest absolute Gasteiger partial charge is 0.320 e. The molecule has 6 heteroatoms. The Hall–Kier alpha value is -1.30. The average molecular weight is 299 g/mol. The molecule has 1 aliphatic heterocycles. The number of carboxylic acids is 1. The molecule has 1 saturated heterocycles. The quantitative estimate of drug-likeness (QED) is 0.837. The molecular formula is C15H29N3O3. The minimum absolute atomic E-state index is 0.0559. The second-order valence-electron chi connectivity index (χ2n) is 6.38. The summed E-state index contributed by atoms with van der Waals surface area (Å²) in [5.41, 5.74) is 0. The van der Waals surface area contributed by atoms with Gasteiger partial charge in [0.15, 0.2) is 0 Å². The van der Waals surface area contributed by atoms with Crippen molar-refractivity contribution in [3.05, 3.63) is 0 Å². The molecule has 0 aromatic rings. The van der Waals surface area contributed by atoms with E-state index in [0.29, 0.717) is 25.6 Å². The van der Waals surface area contributed by atoms with Crippen molar-refractivity contribution in [2.24, 2.45) is 5.92 Å². The number of hydrogen-bond acceptors (Lipinski definition) is 3. The highest BCUT2D eigenvalue weighted by atomic mass is 16.4. The van der Waals surface area contributed by atoms with Crippen LogP contribution in [0.4, 0.5) is 4.79 Å². The molecule has 1 aliphatic rings. The maximum absolute atomic E-state index is 12.5. The molecule has 0 radical (unpaired) electrons. The summed E-state index contributed by atoms with van der Waals surface area (Å²) in [6, 6.07) is 0.274. The van der Waals surface area contributed by atoms with Crippen LogP contribution in [0.5, 0.6) is 0 Å². The van der Waals surface area contributed by atoms with Gasteiger partial charge in [0.2, 0.25) is 0 Å². The molecule has 1 heterocycles. The number of aliphatic carboxylic acids is 1. The normalized spacial score (nSPS) is 18.4. The van der Waals surface area contributed by atoms with E-state index in [4.69, 9.17) is 5.11 Å². The van der Waals surface area contributed by atoms with Crippen molar-refractivity contribution in [3.63, 3.8) is 0 Å². The van der Waals surface area contributed by atoms with Gasteiger partial charge in [-0.2, -0.15) is 0 Å². The SMILES string of the molecule is CC(C)CC(C)N(C)C(=O)N1CCCN(CC(=O)O)CC1. The van der Waals surface area contributed by atoms with E-state index in [1.54, 1.807) is 0 Å². The van der Waals surface area contributed by atoms with Crippen LogP contribution in [0.15, 0.2) is 0 Å². The van der Waals surface area contributed by atoms with E-state index in [0.717, 1.165) is 19.4 Å². The van der Waals surface area contributed by atoms with Gasteiger partial charge in [0, 0.05) is 39.3 Å². The Kier molecular flexibility index (Phi) is 6.95. The van der Waals surface area contributed by atoms with Gasteiger partial charge in [0.25, 0.3) is 0 Å². The molecule has 21 heavy (non-hydrogen) atoms. The van der Waals surface area contributed by atoms with Crippen LogP contribution in [-0.2, 0) is 4.79 Å². The van der Waals surface area contributed by atoms with Crippen molar-refractivity contribution in [1.29, 1.82) is 0 Å². The van der Waals surface area contributed by atoms with Crippen LogP contribution in [0.3, 0.4) is 0 Å². The maximum atomic E-state index is 12.5. The third-order valence-electron chi connectivity index (χ3n) is 3.99. The first-order chi connectivity index (χ1) is 9.81. The molecule has 1 unspecified atom stereocenters. The number of carboxylic acid groups (broad SMARTS) is 1. The molecular weight excluding hydrogens is 270 g/mol. The molecule has 1 atom stereocenters. The molecule has 1 N–H and O–H groups in total. The predicted molar refractivity (Wildman–Crippen MR) is 82.3 cm³/mol. The monoisotopic (exact) mass is 299 g/mol. The highest BCUT2D eigenvalue weighted by Gasteiger charge is 2.25. The minimum atomic E-state index is -0.808. The molecule has 2 amide bonds. The molecule has 1 fully saturated rings. The van der Waals surface area contributed by atoms with E-state index < -0.39 is 5.97 Å². The first-order valence-corrected chi connectivity index (χ1v) is 7.77. The zero-order valence-corrected chi connectivity index (χ0v) is 13.7. The van der Waals surface area contributed by atoms with Crippen molar-refractivity contribution in [3.8, 4) is 0 Å². The van der Waals surface area contributed by atoms with Gasteiger partial charge < -0.3 is 14.9 Å². The zero-order chi connectivity index (χ0) is 16.0. The number of hydrogen-bond donors (Lipinski definition) is 1. The number of carbonyl (C=O) groups is 2. The minimum Gasteiger partial charge on any atom is -0.480 e. The van der Waals surface area contributed by atoms with Crippen molar-refractivity contribution < 1.29 is 14.7 Å². The number of rotatable bonds is 5. The number of nitrogens with zero attached hydrogens (tertiary/aromatic N) is 3. The summed E-state index contributed by atoms with van der Waals surface area (Å²) in [5.74, 6) is -0.247. The molecule has 1 rings (SSSR count). The van der Waals surface area contributed by atoms with Crippen LogP contribution in [0.1, 0.15) is 33.6 Å². The van der Waals surface area contributed by atoms with Gasteiger partial charge in [-0.1, -0.05) is 13.8 Å². The second kappa shape index (κ2) is 8.22. The van der Waals surface area contributed by atoms with E-state index in [-0.39, 0.29) is 18.6 Å². The average Bonchev–Trinajstić information content (AvgIpc) is 2.61. The topological polar surface area (TPSA) is 64.1 Å². The first kappa shape index (κ1) is 17.8. The molecule has 6 nitrogen and oxygen atoms in total. The van der Waals surface area contributed by atoms with Gasteiger partial charge in [-0.25, -0.2) is 4.79 Å². The van der Waals surface area contributed by atoms with E-state index in [2.05, 4.69) is 20.8 Å². The number of carbonyl (C=O) groups excluding carboxylic acids is 1. The summed E-state index contributed by atoms with van der Waals surface area (Å²) in [5, 5.41) is 8.85. The van der Waals surface area contributed by atoms with Crippen LogP contribution in [0.2, 0.25) is 0 Å². The van der Waals surface area contributed by atoms with Gasteiger partial charge in [-0.15, -0.1) is 0 Å². The highest BCUT2D eigenvalue weighted by molar-refractivity contribution is 5.74. The van der Waals surface area contributed by atoms with Gasteiger partial charge in [-0.3, -0.25) is 9.69 Å². The van der Waals surface area contributed by atoms with Gasteiger partial charge >= 0.3 is 12.0 Å². The van der Waals surface area contributed by atoms with Crippen LogP contribution >= 0.6 is 0 Å². The Labute approximate surface area is 127 Å². The fraction of sp³-hybridized carbons (Fsp3) is 0.867. The Morgan fingerprint density at radius 3 is 2.38 bits per heavy atom. The van der Waals surface area contributed by atoms with Crippen molar-refractivity contribution >= 4 is 12.0 Å². The summed E-state index contributed by atoms with van der Waals surface area (Å²) in [7, 11) is 1.86. The molecule has 0 aromatic heterocycles. The summed E-state index contributed by atoms with van der Waals surface area (Å²) in [4.78, 5) is 28.8. The van der Waals surface area contributed by atoms with Gasteiger partial charge in [0.1, 0.15) is 0 Å². The fourth-order valence-electron chi connectivity index (χ4n) is 2.76. The number of amides is 2. The largest absolute Gasteiger partial charge is 0.480 e. The Morgan fingerprint density at radius 2 is 1.81 bits per heavy atom. The maximum Gasteiger partial charge on any atom is 0.320 e. The summed E-state index contributed by atoms with van der Waals surface area (Å²) >= 11 is 0. The summed E-state index contributed by atoms with van der Waals surface area (Å²) in [6.07, 6.45) is 1.81. The zero-order valence-electron chi connectivity index (χ0n) is 13.7. The predicted octanol–water partition coefficient (Wildman–Crippen LogP) is 1.57. The third-order valence-corrected chi connectivity index (χ3v) is 3.99. The molecule has 122 valence electrons. The standard InChI is InChI=1S/C15H29N3O3/c1-12(2)10-13(3)16(4)15(21)18-7-5-6-17(8-9-18)11-14(19)20/h12-13H,5-11H2,1-4H3,(H,19,20). The Morgan fingerprint density at radius 1 is 1.14 bits per heavy atom. The van der Waals surface area contributed by atoms with E-state index in [9.17, 15) is 9.59 Å². The van der Waals surface area contributed by atoms with E-state index >= 15 is 0 Å². The number of urea groups is 1. The lowest BCUT2D eigenvalue weighted by Crippen LogP contribution is -2.46. The molecule has 0 bridgehead atoms. The summed E-state index contributed by atoms with van der Waals surface area (Å²) < 4.78 is 0. The van der Waals surface area contributed by atoms with Gasteiger partial charge in [-0.05, 0) is 25.7 Å². The molecule has 0 saturated carbocycles. The van der Waals surface area contributed by atoms with Crippen LogP contribution in [-0.4, -0.2) is 77.6 Å². The molecule has 0 spiro atoms. The van der Waals surface area contributed by atoms with Crippen molar-refractivity contribution in [2.45, 2.75) is 39.7 Å². The Balaban J connectivity index is 2.52. The lowest BCUT2D eigenvalue weighted by Gasteiger charge is -2.32. The Bertz CT molecular complexity index is 360. The van der Waals surface area contributed by atoms with E-state index in [1.807, 2.05) is 21.7 Å². The first-order valence-electron chi connectivity index (χ1n) is 7.77. The van der Waals surface area contributed by atoms with Crippen molar-refractivity contribution in [2.75, 3.05) is 39.8 Å². The third kappa shape index (κ3) is 5.91. The van der Waals surface area contributed by atoms with Crippen LogP contribution in [0, 0.1) is 5.92 Å². The second-order valence-corrected chi connectivity index (χ2v) is 6.38. The van der Waals surface area contributed by atoms with Crippen LogP contribution < -0.4 is 0 Å². The van der Waals surface area contributed by atoms with Gasteiger partial charge in [0.05, 0.1) is 6.54 Å². The highest BCUT2D eigenvalue weighted by Crippen LogP contribution is 2.13. The fourth-order valence-corrected chi connectivity index (χ4v) is 2.76. The lowest BCUT2D eigenvalue weighted by atomic mass is 10.0. The van der Waals surface area contributed by atoms with E-state index in [1.165, 1.54) is 0 Å². The molecule has 0 aliphatic carbocycles. The van der Waals surface area contributed by atoms with Crippen LogP contribution in [0.25, 0.3) is 0 Å². The lowest BCUT2D eigenvalue weighted by molar-refractivity contribution is -0.138. The van der Waals surface area contributed by atoms with Crippen molar-refractivity contribution in [1.82, 2.24) is 14.7 Å². The molecule has 0 aromatic carbocycles. The summed E-state index contributed by atoms with van der Waals surface area (Å²) in [6.45, 7) is 9.12.